The zero-order valence-electron chi connectivity index (χ0n) is 13.9. The van der Waals surface area contributed by atoms with Gasteiger partial charge in [0.25, 0.3) is 10.0 Å². The second kappa shape index (κ2) is 5.85. The summed E-state index contributed by atoms with van der Waals surface area (Å²) in [6, 6.07) is 16.5. The predicted molar refractivity (Wildman–Crippen MR) is 98.0 cm³/mol. The molecule has 3 aromatic rings. The molecule has 1 aliphatic heterocycles. The van der Waals surface area contributed by atoms with E-state index in [-0.39, 0.29) is 10.6 Å². The van der Waals surface area contributed by atoms with E-state index in [1.165, 1.54) is 46.8 Å². The van der Waals surface area contributed by atoms with Crippen LogP contribution >= 0.6 is 0 Å². The topological polar surface area (TPSA) is 57.6 Å². The third-order valence-corrected chi connectivity index (χ3v) is 6.50. The number of aromatic hydroxyl groups is 1. The molecule has 0 aromatic heterocycles. The van der Waals surface area contributed by atoms with Crippen LogP contribution in [-0.2, 0) is 10.0 Å². The number of hydrogen-bond donors (Lipinski definition) is 1. The van der Waals surface area contributed by atoms with Gasteiger partial charge < -0.3 is 5.11 Å². The summed E-state index contributed by atoms with van der Waals surface area (Å²) in [5.41, 5.74) is 2.56. The average Bonchev–Trinajstić information content (AvgIpc) is 2.62. The minimum Gasteiger partial charge on any atom is -0.508 e. The molecule has 6 heteroatoms. The molecule has 0 radical (unpaired) electrons. The van der Waals surface area contributed by atoms with Crippen LogP contribution in [0.5, 0.6) is 5.75 Å². The Kier molecular flexibility index (Phi) is 3.73. The summed E-state index contributed by atoms with van der Waals surface area (Å²) in [4.78, 5) is -0.0148. The van der Waals surface area contributed by atoms with E-state index >= 15 is 0 Å². The van der Waals surface area contributed by atoms with E-state index in [2.05, 4.69) is 0 Å². The molecule has 4 nitrogen and oxygen atoms in total. The molecule has 132 valence electrons. The smallest absolute Gasteiger partial charge is 0.265 e. The summed E-state index contributed by atoms with van der Waals surface area (Å²) in [5.74, 6) is -0.557. The first-order chi connectivity index (χ1) is 12.4. The Balaban J connectivity index is 1.99. The van der Waals surface area contributed by atoms with Gasteiger partial charge in [-0.3, -0.25) is 4.31 Å². The summed E-state index contributed by atoms with van der Waals surface area (Å²) in [5, 5.41) is 9.70. The van der Waals surface area contributed by atoms with Crippen LogP contribution in [-0.4, -0.2) is 13.5 Å². The lowest BCUT2D eigenvalue weighted by Crippen LogP contribution is -2.36. The molecule has 0 saturated heterocycles. The van der Waals surface area contributed by atoms with E-state index in [1.807, 2.05) is 24.3 Å². The van der Waals surface area contributed by atoms with Gasteiger partial charge in [0.1, 0.15) is 11.6 Å². The van der Waals surface area contributed by atoms with E-state index in [0.29, 0.717) is 11.3 Å². The van der Waals surface area contributed by atoms with Gasteiger partial charge in [0, 0.05) is 11.6 Å². The van der Waals surface area contributed by atoms with E-state index in [4.69, 9.17) is 0 Å². The first-order valence-electron chi connectivity index (χ1n) is 8.12. The highest BCUT2D eigenvalue weighted by Crippen LogP contribution is 2.47. The molecule has 1 N–H and O–H groups in total. The van der Waals surface area contributed by atoms with Crippen molar-refractivity contribution in [1.82, 2.24) is 0 Å². The highest BCUT2D eigenvalue weighted by atomic mass is 32.2. The molecule has 1 unspecified atom stereocenters. The van der Waals surface area contributed by atoms with Crippen molar-refractivity contribution in [2.24, 2.45) is 0 Å². The van der Waals surface area contributed by atoms with Gasteiger partial charge >= 0.3 is 0 Å². The van der Waals surface area contributed by atoms with Crippen molar-refractivity contribution in [2.75, 3.05) is 4.31 Å². The lowest BCUT2D eigenvalue weighted by molar-refractivity contribution is 0.473. The van der Waals surface area contributed by atoms with Gasteiger partial charge in [0.05, 0.1) is 16.6 Å². The number of anilines is 1. The normalized spacial score (nSPS) is 16.1. The second-order valence-electron chi connectivity index (χ2n) is 6.22. The lowest BCUT2D eigenvalue weighted by Gasteiger charge is -2.37. The molecule has 1 heterocycles. The van der Waals surface area contributed by atoms with Crippen molar-refractivity contribution in [3.63, 3.8) is 0 Å². The summed E-state index contributed by atoms with van der Waals surface area (Å²) >= 11 is 0. The monoisotopic (exact) mass is 369 g/mol. The highest BCUT2D eigenvalue weighted by Gasteiger charge is 2.36. The Bertz CT molecular complexity index is 1110. The fraction of sp³-hybridized carbons (Fsp3) is 0.100. The van der Waals surface area contributed by atoms with Crippen molar-refractivity contribution in [1.29, 1.82) is 0 Å². The number of hydrogen-bond acceptors (Lipinski definition) is 3. The van der Waals surface area contributed by atoms with E-state index in [0.717, 1.165) is 11.1 Å². The lowest BCUT2D eigenvalue weighted by atomic mass is 9.90. The minimum atomic E-state index is -3.95. The van der Waals surface area contributed by atoms with Gasteiger partial charge in [-0.1, -0.05) is 30.3 Å². The number of fused-ring (bicyclic) bond motifs is 3. The van der Waals surface area contributed by atoms with E-state index in [1.54, 1.807) is 6.92 Å². The molecule has 1 aliphatic rings. The summed E-state index contributed by atoms with van der Waals surface area (Å²) in [6.07, 6.45) is 0. The van der Waals surface area contributed by atoms with Gasteiger partial charge in [-0.05, 0) is 48.4 Å². The molecular weight excluding hydrogens is 353 g/mol. The van der Waals surface area contributed by atoms with Crippen molar-refractivity contribution in [2.45, 2.75) is 17.9 Å². The highest BCUT2D eigenvalue weighted by molar-refractivity contribution is 7.92. The van der Waals surface area contributed by atoms with Gasteiger partial charge in [-0.25, -0.2) is 12.8 Å². The number of phenolic OH excluding ortho intramolecular Hbond substituents is 1. The van der Waals surface area contributed by atoms with Crippen LogP contribution in [0.3, 0.4) is 0 Å². The van der Waals surface area contributed by atoms with Crippen molar-refractivity contribution >= 4 is 15.7 Å². The number of benzene rings is 3. The van der Waals surface area contributed by atoms with Crippen LogP contribution in [0.15, 0.2) is 71.6 Å². The molecule has 0 bridgehead atoms. The fourth-order valence-corrected chi connectivity index (χ4v) is 5.15. The maximum absolute atomic E-state index is 13.9. The molecule has 1 atom stereocenters. The Hall–Kier alpha value is -2.86. The number of sulfonamides is 1. The fourth-order valence-electron chi connectivity index (χ4n) is 3.45. The minimum absolute atomic E-state index is 0.0148. The number of phenols is 1. The van der Waals surface area contributed by atoms with Gasteiger partial charge in [0.2, 0.25) is 0 Å². The molecule has 0 aliphatic carbocycles. The summed E-state index contributed by atoms with van der Waals surface area (Å²) < 4.78 is 41.8. The molecule has 0 saturated carbocycles. The summed E-state index contributed by atoms with van der Waals surface area (Å²) in [6.45, 7) is 1.80. The Morgan fingerprint density at radius 3 is 2.50 bits per heavy atom. The van der Waals surface area contributed by atoms with Crippen molar-refractivity contribution in [3.05, 3.63) is 78.1 Å². The summed E-state index contributed by atoms with van der Waals surface area (Å²) in [7, 11) is -3.95. The second-order valence-corrected chi connectivity index (χ2v) is 8.04. The Morgan fingerprint density at radius 2 is 1.73 bits per heavy atom. The van der Waals surface area contributed by atoms with Crippen LogP contribution in [0.25, 0.3) is 11.1 Å². The largest absolute Gasteiger partial charge is 0.508 e. The molecule has 3 aromatic carbocycles. The molecular formula is C20H16FNO3S. The zero-order valence-corrected chi connectivity index (χ0v) is 14.7. The molecule has 0 fully saturated rings. The Morgan fingerprint density at radius 1 is 0.962 bits per heavy atom. The first-order valence-corrected chi connectivity index (χ1v) is 9.56. The standard InChI is InChI=1S/C20H16FNO3S/c1-13-17-7-2-3-8-18(17)19-11-14(21)9-10-20(19)22(13)26(24,25)16-6-4-5-15(23)12-16/h2-13,23H,1H3. The average molecular weight is 369 g/mol. The van der Waals surface area contributed by atoms with Crippen LogP contribution in [0, 0.1) is 5.82 Å². The third-order valence-electron chi connectivity index (χ3n) is 4.62. The quantitative estimate of drug-likeness (QED) is 0.725. The van der Waals surface area contributed by atoms with E-state index < -0.39 is 21.9 Å². The van der Waals surface area contributed by atoms with Crippen LogP contribution < -0.4 is 4.31 Å². The first kappa shape index (κ1) is 16.6. The molecule has 0 amide bonds. The predicted octanol–water partition coefficient (Wildman–Crippen LogP) is 4.47. The van der Waals surface area contributed by atoms with Crippen LogP contribution in [0.1, 0.15) is 18.5 Å². The van der Waals surface area contributed by atoms with Crippen LogP contribution in [0.2, 0.25) is 0 Å². The number of halogens is 1. The maximum atomic E-state index is 13.9. The SMILES string of the molecule is CC1c2ccccc2-c2cc(F)ccc2N1S(=O)(=O)c1cccc(O)c1. The number of nitrogens with zero attached hydrogens (tertiary/aromatic N) is 1. The van der Waals surface area contributed by atoms with Crippen molar-refractivity contribution in [3.8, 4) is 16.9 Å². The van der Waals surface area contributed by atoms with Crippen molar-refractivity contribution < 1.29 is 17.9 Å². The molecule has 0 spiro atoms. The zero-order chi connectivity index (χ0) is 18.5. The van der Waals surface area contributed by atoms with Gasteiger partial charge in [-0.15, -0.1) is 0 Å². The Labute approximate surface area is 151 Å². The number of rotatable bonds is 2. The third kappa shape index (κ3) is 2.45. The van der Waals surface area contributed by atoms with Crippen LogP contribution in [0.4, 0.5) is 10.1 Å². The van der Waals surface area contributed by atoms with Gasteiger partial charge in [0.15, 0.2) is 0 Å². The van der Waals surface area contributed by atoms with Gasteiger partial charge in [-0.2, -0.15) is 0 Å². The van der Waals surface area contributed by atoms with E-state index in [9.17, 15) is 17.9 Å². The maximum Gasteiger partial charge on any atom is 0.265 e. The molecule has 4 rings (SSSR count). The molecule has 26 heavy (non-hydrogen) atoms.